The van der Waals surface area contributed by atoms with Crippen LogP contribution in [0.1, 0.15) is 5.56 Å². The molecule has 0 atom stereocenters. The van der Waals surface area contributed by atoms with Gasteiger partial charge in [0.2, 0.25) is 0 Å². The molecule has 3 aromatic rings. The van der Waals surface area contributed by atoms with E-state index in [0.717, 1.165) is 6.08 Å². The summed E-state index contributed by atoms with van der Waals surface area (Å²) in [6.45, 7) is 4.93. The lowest BCUT2D eigenvalue weighted by Crippen LogP contribution is -2.09. The number of aromatic nitrogens is 2. The van der Waals surface area contributed by atoms with Crippen LogP contribution in [0.5, 0.6) is 17.2 Å². The summed E-state index contributed by atoms with van der Waals surface area (Å²) in [4.78, 5) is 20.3. The van der Waals surface area contributed by atoms with E-state index in [1.54, 1.807) is 44.6 Å². The Hall–Kier alpha value is -4.13. The number of nitrogens with one attached hydrogen (secondary N) is 1. The fraction of sp³-hybridized carbons (Fsp3) is 0.240. The van der Waals surface area contributed by atoms with Crippen molar-refractivity contribution in [3.05, 3.63) is 54.9 Å². The largest absolute Gasteiger partial charge is 0.487 e. The minimum Gasteiger partial charge on any atom is -0.487 e. The normalized spacial score (nSPS) is 10.4. The Morgan fingerprint density at radius 2 is 1.74 bits per heavy atom. The summed E-state index contributed by atoms with van der Waals surface area (Å²) in [5.74, 6) is 3.77. The third kappa shape index (κ3) is 6.45. The number of carbonyl (C=O) groups is 1. The van der Waals surface area contributed by atoms with Gasteiger partial charge in [-0.15, -0.1) is 6.42 Å². The standard InChI is InChI=1S/C25H25N3O6/c1-5-17-11-18(13-19(12-17)34-24(29)6-2)28-25-20-14-22(32-9-7-30-3)23(33-10-8-31-4)15-21(20)26-16-27-25/h1,6,11-16H,2,7-10H2,3-4H3,(H,26,27,28). The van der Waals surface area contributed by atoms with Crippen molar-refractivity contribution in [1.29, 1.82) is 0 Å². The molecule has 34 heavy (non-hydrogen) atoms. The molecule has 0 aliphatic carbocycles. The van der Waals surface area contributed by atoms with Gasteiger partial charge in [0.25, 0.3) is 0 Å². The lowest BCUT2D eigenvalue weighted by atomic mass is 10.1. The van der Waals surface area contributed by atoms with Crippen LogP contribution in [-0.4, -0.2) is 56.6 Å². The van der Waals surface area contributed by atoms with Crippen LogP contribution in [0.15, 0.2) is 49.3 Å². The summed E-state index contributed by atoms with van der Waals surface area (Å²) in [6.07, 6.45) is 8.07. The number of methoxy groups -OCH3 is 2. The Labute approximate surface area is 197 Å². The van der Waals surface area contributed by atoms with Crippen molar-refractivity contribution < 1.29 is 28.5 Å². The topological polar surface area (TPSA) is 101 Å². The number of ether oxygens (including phenoxy) is 5. The van der Waals surface area contributed by atoms with Crippen LogP contribution in [0.25, 0.3) is 10.9 Å². The molecule has 3 rings (SSSR count). The number of terminal acetylenes is 1. The Bertz CT molecular complexity index is 1210. The van der Waals surface area contributed by atoms with Gasteiger partial charge in [0.1, 0.15) is 31.1 Å². The second kappa shape index (κ2) is 12.2. The molecule has 0 amide bonds. The van der Waals surface area contributed by atoms with Crippen LogP contribution in [-0.2, 0) is 14.3 Å². The quantitative estimate of drug-likeness (QED) is 0.142. The molecule has 0 saturated heterocycles. The van der Waals surface area contributed by atoms with Crippen molar-refractivity contribution in [2.24, 2.45) is 0 Å². The number of benzene rings is 2. The number of anilines is 2. The third-order valence-electron chi connectivity index (χ3n) is 4.51. The molecule has 0 fully saturated rings. The van der Waals surface area contributed by atoms with Crippen molar-refractivity contribution >= 4 is 28.4 Å². The molecule has 176 valence electrons. The van der Waals surface area contributed by atoms with Gasteiger partial charge < -0.3 is 29.0 Å². The van der Waals surface area contributed by atoms with Crippen LogP contribution < -0.4 is 19.5 Å². The van der Waals surface area contributed by atoms with E-state index in [2.05, 4.69) is 27.8 Å². The van der Waals surface area contributed by atoms with Crippen molar-refractivity contribution in [1.82, 2.24) is 9.97 Å². The lowest BCUT2D eigenvalue weighted by molar-refractivity contribution is -0.128. The van der Waals surface area contributed by atoms with Crippen molar-refractivity contribution in [2.45, 2.75) is 0 Å². The summed E-state index contributed by atoms with van der Waals surface area (Å²) in [7, 11) is 3.20. The average Bonchev–Trinajstić information content (AvgIpc) is 2.84. The van der Waals surface area contributed by atoms with Gasteiger partial charge in [-0.2, -0.15) is 0 Å². The molecule has 9 nitrogen and oxygen atoms in total. The van der Waals surface area contributed by atoms with Gasteiger partial charge in [-0.1, -0.05) is 12.5 Å². The van der Waals surface area contributed by atoms with Gasteiger partial charge in [0, 0.05) is 49.1 Å². The maximum atomic E-state index is 11.6. The average molecular weight is 463 g/mol. The lowest BCUT2D eigenvalue weighted by Gasteiger charge is -2.15. The Morgan fingerprint density at radius 3 is 2.38 bits per heavy atom. The molecule has 0 spiro atoms. The van der Waals surface area contributed by atoms with Crippen LogP contribution in [0, 0.1) is 12.3 Å². The minimum absolute atomic E-state index is 0.277. The number of hydrogen-bond donors (Lipinski definition) is 1. The molecule has 9 heteroatoms. The Balaban J connectivity index is 1.98. The first-order chi connectivity index (χ1) is 16.6. The van der Waals surface area contributed by atoms with Gasteiger partial charge in [-0.05, 0) is 18.2 Å². The molecule has 0 radical (unpaired) electrons. The highest BCUT2D eigenvalue weighted by Gasteiger charge is 2.14. The SMILES string of the molecule is C#Cc1cc(Nc2ncnc3cc(OCCOC)c(OCCOC)cc23)cc(OC(=O)C=C)c1. The van der Waals surface area contributed by atoms with E-state index in [9.17, 15) is 4.79 Å². The van der Waals surface area contributed by atoms with E-state index in [4.69, 9.17) is 30.1 Å². The molecule has 0 aliphatic heterocycles. The van der Waals surface area contributed by atoms with Gasteiger partial charge >= 0.3 is 5.97 Å². The van der Waals surface area contributed by atoms with Crippen LogP contribution >= 0.6 is 0 Å². The van der Waals surface area contributed by atoms with Gasteiger partial charge in [-0.3, -0.25) is 0 Å². The highest BCUT2D eigenvalue weighted by molar-refractivity contribution is 5.93. The van der Waals surface area contributed by atoms with E-state index in [0.29, 0.717) is 65.9 Å². The Kier molecular flexibility index (Phi) is 8.80. The van der Waals surface area contributed by atoms with Crippen LogP contribution in [0.4, 0.5) is 11.5 Å². The second-order valence-corrected chi connectivity index (χ2v) is 6.86. The number of carbonyl (C=O) groups excluding carboxylic acids is 1. The van der Waals surface area contributed by atoms with Gasteiger partial charge in [0.15, 0.2) is 11.5 Å². The molecule has 1 heterocycles. The van der Waals surface area contributed by atoms with Crippen LogP contribution in [0.2, 0.25) is 0 Å². The number of nitrogens with zero attached hydrogens (tertiary/aromatic N) is 2. The highest BCUT2D eigenvalue weighted by Crippen LogP contribution is 2.35. The zero-order valence-electron chi connectivity index (χ0n) is 19.0. The molecule has 0 unspecified atom stereocenters. The maximum Gasteiger partial charge on any atom is 0.335 e. The summed E-state index contributed by atoms with van der Waals surface area (Å²) >= 11 is 0. The van der Waals surface area contributed by atoms with E-state index in [1.807, 2.05) is 0 Å². The van der Waals surface area contributed by atoms with Crippen LogP contribution in [0.3, 0.4) is 0 Å². The summed E-state index contributed by atoms with van der Waals surface area (Å²) < 4.78 is 27.1. The molecule has 0 bridgehead atoms. The van der Waals surface area contributed by atoms with Crippen molar-refractivity contribution in [3.8, 4) is 29.6 Å². The highest BCUT2D eigenvalue weighted by atomic mass is 16.5. The molecule has 1 aromatic heterocycles. The minimum atomic E-state index is -0.591. The van der Waals surface area contributed by atoms with E-state index in [-0.39, 0.29) is 5.75 Å². The summed E-state index contributed by atoms with van der Waals surface area (Å²) in [6, 6.07) is 8.51. The number of rotatable bonds is 12. The molecular formula is C25H25N3O6. The predicted molar refractivity (Wildman–Crippen MR) is 128 cm³/mol. The fourth-order valence-corrected chi connectivity index (χ4v) is 2.97. The molecule has 0 saturated carbocycles. The summed E-state index contributed by atoms with van der Waals surface area (Å²) in [5, 5.41) is 3.90. The molecule has 2 aromatic carbocycles. The second-order valence-electron chi connectivity index (χ2n) is 6.86. The first-order valence-corrected chi connectivity index (χ1v) is 10.3. The zero-order valence-corrected chi connectivity index (χ0v) is 19.0. The Morgan fingerprint density at radius 1 is 1.03 bits per heavy atom. The number of esters is 1. The molecular weight excluding hydrogens is 438 g/mol. The monoisotopic (exact) mass is 463 g/mol. The number of fused-ring (bicyclic) bond motifs is 1. The van der Waals surface area contributed by atoms with Crippen molar-refractivity contribution in [2.75, 3.05) is 46.0 Å². The first kappa shape index (κ1) is 24.5. The maximum absolute atomic E-state index is 11.6. The van der Waals surface area contributed by atoms with E-state index in [1.165, 1.54) is 6.33 Å². The fourth-order valence-electron chi connectivity index (χ4n) is 2.97. The molecule has 0 aliphatic rings. The smallest absolute Gasteiger partial charge is 0.335 e. The van der Waals surface area contributed by atoms with Gasteiger partial charge in [-0.25, -0.2) is 14.8 Å². The van der Waals surface area contributed by atoms with Crippen molar-refractivity contribution in [3.63, 3.8) is 0 Å². The predicted octanol–water partition coefficient (Wildman–Crippen LogP) is 3.50. The first-order valence-electron chi connectivity index (χ1n) is 10.3. The summed E-state index contributed by atoms with van der Waals surface area (Å²) in [5.41, 5.74) is 1.73. The zero-order chi connectivity index (χ0) is 24.3. The number of hydrogen-bond acceptors (Lipinski definition) is 9. The third-order valence-corrected chi connectivity index (χ3v) is 4.51. The van der Waals surface area contributed by atoms with E-state index >= 15 is 0 Å². The molecule has 1 N–H and O–H groups in total. The van der Waals surface area contributed by atoms with Gasteiger partial charge in [0.05, 0.1) is 18.7 Å². The van der Waals surface area contributed by atoms with E-state index < -0.39 is 5.97 Å².